The van der Waals surface area contributed by atoms with Crippen LogP contribution >= 0.6 is 0 Å². The maximum Gasteiger partial charge on any atom is 0.123 e. The van der Waals surface area contributed by atoms with Crippen LogP contribution in [0.2, 0.25) is 0 Å². The second-order valence-corrected chi connectivity index (χ2v) is 3.25. The summed E-state index contributed by atoms with van der Waals surface area (Å²) >= 11 is 0. The van der Waals surface area contributed by atoms with Gasteiger partial charge >= 0.3 is 0 Å². The van der Waals surface area contributed by atoms with Gasteiger partial charge in [0.05, 0.1) is 19.8 Å². The number of ether oxygens (including phenoxy) is 2. The van der Waals surface area contributed by atoms with Crippen molar-refractivity contribution < 1.29 is 9.47 Å². The lowest BCUT2D eigenvalue weighted by Crippen LogP contribution is -2.18. The van der Waals surface area contributed by atoms with Gasteiger partial charge in [0.15, 0.2) is 0 Å². The van der Waals surface area contributed by atoms with Gasteiger partial charge in [0, 0.05) is 12.7 Å². The monoisotopic (exact) mass is 195 g/mol. The number of hydrogen-bond donors (Lipinski definition) is 1. The molecule has 0 aliphatic carbocycles. The van der Waals surface area contributed by atoms with E-state index in [1.807, 2.05) is 25.1 Å². The molecular formula is C11H17NO2. The maximum atomic E-state index is 5.98. The zero-order valence-electron chi connectivity index (χ0n) is 8.91. The Balaban J connectivity index is 3.03. The number of aryl methyl sites for hydroxylation is 1. The summed E-state index contributed by atoms with van der Waals surface area (Å²) < 4.78 is 10.3. The topological polar surface area (TPSA) is 44.5 Å². The molecule has 0 bridgehead atoms. The predicted octanol–water partition coefficient (Wildman–Crippen LogP) is 1.65. The summed E-state index contributed by atoms with van der Waals surface area (Å²) in [6.07, 6.45) is 0. The summed E-state index contributed by atoms with van der Waals surface area (Å²) in [5, 5.41) is 0. The summed E-state index contributed by atoms with van der Waals surface area (Å²) in [6, 6.07) is 5.76. The van der Waals surface area contributed by atoms with Crippen LogP contribution in [-0.2, 0) is 4.74 Å². The molecule has 3 nitrogen and oxygen atoms in total. The van der Waals surface area contributed by atoms with Crippen LogP contribution in [0.5, 0.6) is 5.75 Å². The average Bonchev–Trinajstić information content (AvgIpc) is 2.17. The van der Waals surface area contributed by atoms with Crippen molar-refractivity contribution in [2.75, 3.05) is 20.8 Å². The molecule has 0 aliphatic heterocycles. The van der Waals surface area contributed by atoms with E-state index in [0.29, 0.717) is 6.61 Å². The fourth-order valence-electron chi connectivity index (χ4n) is 1.57. The first kappa shape index (κ1) is 11.0. The van der Waals surface area contributed by atoms with E-state index in [9.17, 15) is 0 Å². The predicted molar refractivity (Wildman–Crippen MR) is 56.5 cm³/mol. The molecule has 2 N–H and O–H groups in total. The zero-order chi connectivity index (χ0) is 10.6. The highest BCUT2D eigenvalue weighted by molar-refractivity contribution is 5.41. The Morgan fingerprint density at radius 3 is 2.64 bits per heavy atom. The molecule has 0 heterocycles. The lowest BCUT2D eigenvalue weighted by Gasteiger charge is -2.17. The first-order valence-corrected chi connectivity index (χ1v) is 4.58. The number of hydrogen-bond acceptors (Lipinski definition) is 3. The van der Waals surface area contributed by atoms with Gasteiger partial charge in [-0.3, -0.25) is 0 Å². The minimum absolute atomic E-state index is 0.129. The number of methoxy groups -OCH3 is 2. The molecule has 1 rings (SSSR count). The third kappa shape index (κ3) is 2.25. The molecule has 1 aromatic rings. The smallest absolute Gasteiger partial charge is 0.123 e. The molecule has 3 heteroatoms. The van der Waals surface area contributed by atoms with Crippen LogP contribution in [0.15, 0.2) is 18.2 Å². The van der Waals surface area contributed by atoms with Gasteiger partial charge in [-0.1, -0.05) is 12.1 Å². The summed E-state index contributed by atoms with van der Waals surface area (Å²) in [6.45, 7) is 2.52. The van der Waals surface area contributed by atoms with Crippen molar-refractivity contribution in [1.82, 2.24) is 0 Å². The Morgan fingerprint density at radius 1 is 1.36 bits per heavy atom. The molecule has 0 spiro atoms. The fraction of sp³-hybridized carbons (Fsp3) is 0.455. The highest BCUT2D eigenvalue weighted by atomic mass is 16.5. The summed E-state index contributed by atoms with van der Waals surface area (Å²) in [5.41, 5.74) is 8.14. The summed E-state index contributed by atoms with van der Waals surface area (Å²) in [4.78, 5) is 0. The molecule has 0 radical (unpaired) electrons. The number of benzene rings is 1. The Hall–Kier alpha value is -1.06. The van der Waals surface area contributed by atoms with Gasteiger partial charge in [0.2, 0.25) is 0 Å². The van der Waals surface area contributed by atoms with Gasteiger partial charge < -0.3 is 15.2 Å². The second-order valence-electron chi connectivity index (χ2n) is 3.25. The van der Waals surface area contributed by atoms with Gasteiger partial charge in [-0.25, -0.2) is 0 Å². The molecule has 0 unspecified atom stereocenters. The van der Waals surface area contributed by atoms with E-state index < -0.39 is 0 Å². The third-order valence-corrected chi connectivity index (χ3v) is 2.22. The Bertz CT molecular complexity index is 299. The molecule has 0 aliphatic rings. The molecule has 1 aromatic carbocycles. The average molecular weight is 195 g/mol. The maximum absolute atomic E-state index is 5.98. The quantitative estimate of drug-likeness (QED) is 0.794. The molecular weight excluding hydrogens is 178 g/mol. The highest BCUT2D eigenvalue weighted by Crippen LogP contribution is 2.26. The Kier molecular flexibility index (Phi) is 3.92. The van der Waals surface area contributed by atoms with Crippen molar-refractivity contribution >= 4 is 0 Å². The summed E-state index contributed by atoms with van der Waals surface area (Å²) in [7, 11) is 3.29. The molecule has 0 aromatic heterocycles. The zero-order valence-corrected chi connectivity index (χ0v) is 8.91. The molecule has 0 saturated heterocycles. The van der Waals surface area contributed by atoms with Crippen LogP contribution in [0.3, 0.4) is 0 Å². The SMILES string of the molecule is COC[C@H](N)c1c(C)cccc1OC. The van der Waals surface area contributed by atoms with Gasteiger partial charge in [-0.2, -0.15) is 0 Å². The minimum Gasteiger partial charge on any atom is -0.496 e. The van der Waals surface area contributed by atoms with E-state index in [0.717, 1.165) is 16.9 Å². The third-order valence-electron chi connectivity index (χ3n) is 2.22. The molecule has 0 fully saturated rings. The Labute approximate surface area is 84.8 Å². The second kappa shape index (κ2) is 4.98. The molecule has 0 amide bonds. The van der Waals surface area contributed by atoms with E-state index in [-0.39, 0.29) is 6.04 Å². The lowest BCUT2D eigenvalue weighted by molar-refractivity contribution is 0.179. The standard InChI is InChI=1S/C11H17NO2/c1-8-5-4-6-10(14-3)11(8)9(12)7-13-2/h4-6,9H,7,12H2,1-3H3/t9-/m0/s1. The van der Waals surface area contributed by atoms with E-state index in [4.69, 9.17) is 15.2 Å². The fourth-order valence-corrected chi connectivity index (χ4v) is 1.57. The first-order chi connectivity index (χ1) is 6.70. The highest BCUT2D eigenvalue weighted by Gasteiger charge is 2.13. The van der Waals surface area contributed by atoms with Gasteiger partial charge in [0.1, 0.15) is 5.75 Å². The molecule has 78 valence electrons. The first-order valence-electron chi connectivity index (χ1n) is 4.58. The van der Waals surface area contributed by atoms with Crippen molar-refractivity contribution in [2.45, 2.75) is 13.0 Å². The molecule has 0 saturated carbocycles. The van der Waals surface area contributed by atoms with Crippen molar-refractivity contribution in [3.63, 3.8) is 0 Å². The van der Waals surface area contributed by atoms with E-state index >= 15 is 0 Å². The van der Waals surface area contributed by atoms with E-state index in [1.54, 1.807) is 14.2 Å². The van der Waals surface area contributed by atoms with Gasteiger partial charge in [-0.15, -0.1) is 0 Å². The normalized spacial score (nSPS) is 12.6. The van der Waals surface area contributed by atoms with Crippen LogP contribution in [0, 0.1) is 6.92 Å². The van der Waals surface area contributed by atoms with Crippen molar-refractivity contribution in [3.8, 4) is 5.75 Å². The Morgan fingerprint density at radius 2 is 2.07 bits per heavy atom. The summed E-state index contributed by atoms with van der Waals surface area (Å²) in [5.74, 6) is 0.828. The van der Waals surface area contributed by atoms with Crippen LogP contribution in [0.4, 0.5) is 0 Å². The lowest BCUT2D eigenvalue weighted by atomic mass is 10.0. The van der Waals surface area contributed by atoms with Gasteiger partial charge in [-0.05, 0) is 18.6 Å². The van der Waals surface area contributed by atoms with Crippen LogP contribution in [0.1, 0.15) is 17.2 Å². The van der Waals surface area contributed by atoms with Gasteiger partial charge in [0.25, 0.3) is 0 Å². The van der Waals surface area contributed by atoms with Crippen molar-refractivity contribution in [3.05, 3.63) is 29.3 Å². The van der Waals surface area contributed by atoms with E-state index in [1.165, 1.54) is 0 Å². The largest absolute Gasteiger partial charge is 0.496 e. The molecule has 1 atom stereocenters. The van der Waals surface area contributed by atoms with Crippen molar-refractivity contribution in [1.29, 1.82) is 0 Å². The van der Waals surface area contributed by atoms with Crippen LogP contribution < -0.4 is 10.5 Å². The number of nitrogens with two attached hydrogens (primary N) is 1. The van der Waals surface area contributed by atoms with E-state index in [2.05, 4.69) is 0 Å². The van der Waals surface area contributed by atoms with Crippen LogP contribution in [0.25, 0.3) is 0 Å². The molecule has 14 heavy (non-hydrogen) atoms. The minimum atomic E-state index is -0.129. The number of rotatable bonds is 4. The van der Waals surface area contributed by atoms with Crippen molar-refractivity contribution in [2.24, 2.45) is 5.73 Å². The van der Waals surface area contributed by atoms with Crippen LogP contribution in [-0.4, -0.2) is 20.8 Å².